The lowest BCUT2D eigenvalue weighted by molar-refractivity contribution is 1.28. The molecule has 4 aromatic carbocycles. The molecule has 0 spiro atoms. The Morgan fingerprint density at radius 3 is 2.11 bits per heavy atom. The van der Waals surface area contributed by atoms with Crippen LogP contribution in [0.1, 0.15) is 5.56 Å². The van der Waals surface area contributed by atoms with Crippen LogP contribution in [0.3, 0.4) is 0 Å². The van der Waals surface area contributed by atoms with E-state index in [9.17, 15) is 0 Å². The van der Waals surface area contributed by atoms with Gasteiger partial charge >= 0.3 is 0 Å². The third kappa shape index (κ3) is 3.11. The summed E-state index contributed by atoms with van der Waals surface area (Å²) >= 11 is 5.44. The number of thiophene rings is 1. The summed E-state index contributed by atoms with van der Waals surface area (Å²) in [5.41, 5.74) is 4.77. The average molecular weight is 444 g/mol. The molecule has 0 saturated carbocycles. The summed E-state index contributed by atoms with van der Waals surface area (Å²) in [7, 11) is 0. The van der Waals surface area contributed by atoms with Crippen molar-refractivity contribution in [2.75, 3.05) is 4.90 Å². The lowest BCUT2D eigenvalue weighted by Gasteiger charge is -2.25. The van der Waals surface area contributed by atoms with E-state index in [-0.39, 0.29) is 0 Å². The molecule has 1 nitrogen and oxygen atoms in total. The Morgan fingerprint density at radius 2 is 1.32 bits per heavy atom. The number of nitrogens with zero attached hydrogens (tertiary/aromatic N) is 1. The van der Waals surface area contributed by atoms with Crippen molar-refractivity contribution in [2.45, 2.75) is 6.92 Å². The van der Waals surface area contributed by atoms with Crippen molar-refractivity contribution in [3.05, 3.63) is 101 Å². The molecule has 0 radical (unpaired) electrons. The van der Waals surface area contributed by atoms with Gasteiger partial charge in [-0.05, 0) is 61.0 Å². The van der Waals surface area contributed by atoms with Crippen molar-refractivity contribution in [3.63, 3.8) is 0 Å². The van der Waals surface area contributed by atoms with Gasteiger partial charge < -0.3 is 4.90 Å². The SMILES string of the molecule is Cc1cccc(N(c2ccccc2)c2ccc3c(c2)sc2cc(Br)ccc23)c1. The van der Waals surface area contributed by atoms with E-state index in [1.54, 1.807) is 0 Å². The Morgan fingerprint density at radius 1 is 0.643 bits per heavy atom. The van der Waals surface area contributed by atoms with Crippen molar-refractivity contribution in [1.82, 2.24) is 0 Å². The van der Waals surface area contributed by atoms with E-state index in [4.69, 9.17) is 0 Å². The third-order valence-corrected chi connectivity index (χ3v) is 6.56. The minimum absolute atomic E-state index is 1.12. The minimum Gasteiger partial charge on any atom is -0.310 e. The molecule has 0 amide bonds. The Hall–Kier alpha value is -2.62. The van der Waals surface area contributed by atoms with Gasteiger partial charge in [-0.15, -0.1) is 11.3 Å². The van der Waals surface area contributed by atoms with Crippen LogP contribution in [-0.2, 0) is 0 Å². The van der Waals surface area contributed by atoms with Gasteiger partial charge in [-0.2, -0.15) is 0 Å². The monoisotopic (exact) mass is 443 g/mol. The molecule has 5 aromatic rings. The van der Waals surface area contributed by atoms with E-state index in [1.165, 1.54) is 37.1 Å². The molecule has 0 aliphatic heterocycles. The second kappa shape index (κ2) is 7.08. The number of rotatable bonds is 3. The van der Waals surface area contributed by atoms with Crippen LogP contribution in [-0.4, -0.2) is 0 Å². The zero-order chi connectivity index (χ0) is 19.1. The molecule has 5 rings (SSSR count). The minimum atomic E-state index is 1.12. The van der Waals surface area contributed by atoms with E-state index < -0.39 is 0 Å². The van der Waals surface area contributed by atoms with Crippen molar-refractivity contribution < 1.29 is 0 Å². The van der Waals surface area contributed by atoms with E-state index >= 15 is 0 Å². The number of para-hydroxylation sites is 1. The number of anilines is 3. The van der Waals surface area contributed by atoms with E-state index in [0.29, 0.717) is 0 Å². The molecule has 0 atom stereocenters. The van der Waals surface area contributed by atoms with Gasteiger partial charge in [0.05, 0.1) is 0 Å². The van der Waals surface area contributed by atoms with Gasteiger partial charge in [0.2, 0.25) is 0 Å². The first-order chi connectivity index (χ1) is 13.7. The van der Waals surface area contributed by atoms with Crippen molar-refractivity contribution in [2.24, 2.45) is 0 Å². The number of fused-ring (bicyclic) bond motifs is 3. The first-order valence-electron chi connectivity index (χ1n) is 9.23. The average Bonchev–Trinajstić information content (AvgIpc) is 3.06. The maximum absolute atomic E-state index is 3.59. The van der Waals surface area contributed by atoms with Crippen molar-refractivity contribution >= 4 is 64.5 Å². The standard InChI is InChI=1S/C25H18BrNS/c1-17-6-5-9-20(14-17)27(19-7-3-2-4-8-19)21-11-13-23-22-12-10-18(26)15-24(22)28-25(23)16-21/h2-16H,1H3. The predicted molar refractivity (Wildman–Crippen MR) is 126 cm³/mol. The van der Waals surface area contributed by atoms with E-state index in [1.807, 2.05) is 11.3 Å². The highest BCUT2D eigenvalue weighted by atomic mass is 79.9. The highest BCUT2D eigenvalue weighted by molar-refractivity contribution is 9.10. The largest absolute Gasteiger partial charge is 0.310 e. The zero-order valence-electron chi connectivity index (χ0n) is 15.4. The summed E-state index contributed by atoms with van der Waals surface area (Å²) in [6.45, 7) is 2.14. The fraction of sp³-hybridized carbons (Fsp3) is 0.0400. The molecule has 0 fully saturated rings. The maximum atomic E-state index is 3.59. The van der Waals surface area contributed by atoms with E-state index in [0.717, 1.165) is 10.2 Å². The van der Waals surface area contributed by atoms with Crippen LogP contribution in [0, 0.1) is 6.92 Å². The van der Waals surface area contributed by atoms with Gasteiger partial charge in [0.25, 0.3) is 0 Å². The Bertz CT molecular complexity index is 1290. The molecule has 0 bridgehead atoms. The fourth-order valence-corrected chi connectivity index (χ4v) is 5.36. The summed E-state index contributed by atoms with van der Waals surface area (Å²) in [6.07, 6.45) is 0. The van der Waals surface area contributed by atoms with Crippen LogP contribution in [0.4, 0.5) is 17.1 Å². The molecule has 0 N–H and O–H groups in total. The molecule has 0 unspecified atom stereocenters. The highest BCUT2D eigenvalue weighted by Crippen LogP contribution is 2.41. The molecule has 3 heteroatoms. The smallest absolute Gasteiger partial charge is 0.0476 e. The first-order valence-corrected chi connectivity index (χ1v) is 10.8. The Balaban J connectivity index is 1.72. The molecule has 28 heavy (non-hydrogen) atoms. The van der Waals surface area contributed by atoms with Crippen molar-refractivity contribution in [3.8, 4) is 0 Å². The van der Waals surface area contributed by atoms with Crippen LogP contribution < -0.4 is 4.90 Å². The van der Waals surface area contributed by atoms with Crippen LogP contribution in [0.15, 0.2) is 95.5 Å². The summed E-state index contributed by atoms with van der Waals surface area (Å²) in [6, 6.07) is 32.5. The molecule has 0 saturated heterocycles. The Labute approximate surface area is 177 Å². The predicted octanol–water partition coefficient (Wildman–Crippen LogP) is 8.60. The molecular weight excluding hydrogens is 426 g/mol. The topological polar surface area (TPSA) is 3.24 Å². The Kier molecular flexibility index (Phi) is 4.42. The van der Waals surface area contributed by atoms with Crippen LogP contribution >= 0.6 is 27.3 Å². The lowest BCUT2D eigenvalue weighted by Crippen LogP contribution is -2.09. The highest BCUT2D eigenvalue weighted by Gasteiger charge is 2.14. The normalized spacial score (nSPS) is 11.2. The van der Waals surface area contributed by atoms with Crippen LogP contribution in [0.5, 0.6) is 0 Å². The molecule has 0 aliphatic carbocycles. The number of halogens is 1. The second-order valence-corrected chi connectivity index (χ2v) is 8.93. The van der Waals surface area contributed by atoms with Crippen LogP contribution in [0.25, 0.3) is 20.2 Å². The quantitative estimate of drug-likeness (QED) is 0.269. The number of aryl methyl sites for hydroxylation is 1. The van der Waals surface area contributed by atoms with Gasteiger partial charge in [0.1, 0.15) is 0 Å². The number of hydrogen-bond acceptors (Lipinski definition) is 2. The lowest BCUT2D eigenvalue weighted by atomic mass is 10.1. The summed E-state index contributed by atoms with van der Waals surface area (Å²) in [5.74, 6) is 0. The van der Waals surface area contributed by atoms with Gasteiger partial charge in [-0.1, -0.05) is 58.4 Å². The zero-order valence-corrected chi connectivity index (χ0v) is 17.8. The van der Waals surface area contributed by atoms with E-state index in [2.05, 4.69) is 119 Å². The van der Waals surface area contributed by atoms with Gasteiger partial charge in [-0.25, -0.2) is 0 Å². The van der Waals surface area contributed by atoms with Crippen LogP contribution in [0.2, 0.25) is 0 Å². The second-order valence-electron chi connectivity index (χ2n) is 6.93. The molecule has 136 valence electrons. The third-order valence-electron chi connectivity index (χ3n) is 4.95. The maximum Gasteiger partial charge on any atom is 0.0476 e. The van der Waals surface area contributed by atoms with Crippen molar-refractivity contribution in [1.29, 1.82) is 0 Å². The van der Waals surface area contributed by atoms with Gasteiger partial charge in [-0.3, -0.25) is 0 Å². The summed E-state index contributed by atoms with van der Waals surface area (Å²) < 4.78 is 3.74. The molecule has 0 aliphatic rings. The van der Waals surface area contributed by atoms with Gasteiger partial charge in [0, 0.05) is 41.7 Å². The number of benzene rings is 4. The molecule has 1 aromatic heterocycles. The fourth-order valence-electron chi connectivity index (χ4n) is 3.67. The number of hydrogen-bond donors (Lipinski definition) is 0. The summed E-state index contributed by atoms with van der Waals surface area (Å²) in [4.78, 5) is 2.33. The first kappa shape index (κ1) is 17.5. The molecular formula is C25H18BrNS. The summed E-state index contributed by atoms with van der Waals surface area (Å²) in [5, 5.41) is 2.63. The van der Waals surface area contributed by atoms with Gasteiger partial charge in [0.15, 0.2) is 0 Å². The molecule has 1 heterocycles.